The summed E-state index contributed by atoms with van der Waals surface area (Å²) in [5.74, 6) is 0.453. The number of amides is 3. The molecule has 11 heteroatoms. The number of aromatic nitrogens is 1. The lowest BCUT2D eigenvalue weighted by Gasteiger charge is -2.52. The van der Waals surface area contributed by atoms with E-state index in [1.54, 1.807) is 19.4 Å². The number of unbranched alkanes of at least 4 members (excludes halogenated alkanes) is 1. The lowest BCUT2D eigenvalue weighted by atomic mass is 9.77. The molecule has 1 aromatic heterocycles. The van der Waals surface area contributed by atoms with Gasteiger partial charge in [0.15, 0.2) is 0 Å². The number of methoxy groups -OCH3 is 1. The fourth-order valence-electron chi connectivity index (χ4n) is 6.94. The van der Waals surface area contributed by atoms with Crippen LogP contribution in [0.2, 0.25) is 0 Å². The molecule has 2 aromatic rings. The summed E-state index contributed by atoms with van der Waals surface area (Å²) >= 11 is 0. The summed E-state index contributed by atoms with van der Waals surface area (Å²) in [6, 6.07) is 10.6. The van der Waals surface area contributed by atoms with Gasteiger partial charge < -0.3 is 25.4 Å². The Balaban J connectivity index is 0.00000461. The van der Waals surface area contributed by atoms with Crippen LogP contribution in [0.4, 0.5) is 0 Å². The van der Waals surface area contributed by atoms with Crippen LogP contribution in [0.5, 0.6) is 5.75 Å². The lowest BCUT2D eigenvalue weighted by molar-refractivity contribution is -0.163. The van der Waals surface area contributed by atoms with Gasteiger partial charge in [0.2, 0.25) is 11.8 Å². The molecule has 3 fully saturated rings. The number of ether oxygens (including phenoxy) is 1. The first-order chi connectivity index (χ1) is 21.2. The van der Waals surface area contributed by atoms with Crippen LogP contribution >= 0.6 is 12.4 Å². The number of pyridine rings is 1. The molecular weight excluding hydrogens is 594 g/mol. The van der Waals surface area contributed by atoms with Crippen LogP contribution in [-0.4, -0.2) is 81.5 Å². The molecule has 1 aliphatic carbocycles. The summed E-state index contributed by atoms with van der Waals surface area (Å²) < 4.78 is 5.18. The minimum absolute atomic E-state index is 0. The number of hydrogen-bond donors (Lipinski definition) is 3. The van der Waals surface area contributed by atoms with Gasteiger partial charge in [-0.05, 0) is 61.9 Å². The van der Waals surface area contributed by atoms with Crippen LogP contribution in [0.1, 0.15) is 92.7 Å². The van der Waals surface area contributed by atoms with Crippen LogP contribution in [-0.2, 0) is 22.7 Å². The second-order valence-corrected chi connectivity index (χ2v) is 12.7. The number of halogens is 1. The van der Waals surface area contributed by atoms with Gasteiger partial charge in [0, 0.05) is 45.3 Å². The molecule has 45 heavy (non-hydrogen) atoms. The number of nitrogens with zero attached hydrogens (tertiary/aromatic N) is 3. The lowest BCUT2D eigenvalue weighted by Crippen LogP contribution is -2.73. The zero-order valence-corrected chi connectivity index (χ0v) is 27.4. The third-order valence-corrected chi connectivity index (χ3v) is 9.68. The SMILES string of the molecule is CCCCN1C(=O)[C@@H](CC2(O)CCCCC2)NC(=O)C12CCN(Cc1ccc(C(=O)NCc3ccc(OC)cc3)cn1)CC2.Cl. The second-order valence-electron chi connectivity index (χ2n) is 12.7. The van der Waals surface area contributed by atoms with E-state index in [1.807, 2.05) is 35.2 Å². The molecule has 0 bridgehead atoms. The van der Waals surface area contributed by atoms with Crippen molar-refractivity contribution in [3.05, 3.63) is 59.4 Å². The molecule has 0 unspecified atom stereocenters. The fraction of sp³-hybridized carbons (Fsp3) is 0.588. The third-order valence-electron chi connectivity index (χ3n) is 9.68. The van der Waals surface area contributed by atoms with Crippen molar-refractivity contribution in [1.82, 2.24) is 25.4 Å². The van der Waals surface area contributed by atoms with E-state index in [9.17, 15) is 19.5 Å². The summed E-state index contributed by atoms with van der Waals surface area (Å²) in [6.07, 6.45) is 9.17. The number of aliphatic hydroxyl groups is 1. The molecule has 3 N–H and O–H groups in total. The topological polar surface area (TPSA) is 124 Å². The monoisotopic (exact) mass is 641 g/mol. The van der Waals surface area contributed by atoms with Gasteiger partial charge in [0.25, 0.3) is 5.91 Å². The number of carbonyl (C=O) groups is 3. The molecule has 10 nitrogen and oxygen atoms in total. The van der Waals surface area contributed by atoms with Gasteiger partial charge in [0.1, 0.15) is 17.3 Å². The maximum absolute atomic E-state index is 13.8. The summed E-state index contributed by atoms with van der Waals surface area (Å²) in [5.41, 5.74) is 0.589. The maximum atomic E-state index is 13.8. The standard InChI is InChI=1S/C34H47N5O5.ClH/c1-3-4-18-39-31(41)29(21-33(43)14-6-5-7-15-33)37-32(42)34(39)16-19-38(20-17-34)24-27-11-10-26(23-35-27)30(40)36-22-25-8-12-28(44-2)13-9-25;/h8-13,23,29,43H,3-7,14-22,24H2,1-2H3,(H,36,40)(H,37,42);1H/t29-;/m1./s1. The van der Waals surface area contributed by atoms with Gasteiger partial charge in [-0.25, -0.2) is 0 Å². The number of rotatable bonds is 11. The Bertz CT molecular complexity index is 1290. The van der Waals surface area contributed by atoms with E-state index in [-0.39, 0.29) is 30.1 Å². The number of nitrogens with one attached hydrogen (secondary N) is 2. The number of piperazine rings is 1. The number of carbonyl (C=O) groups excluding carboxylic acids is 3. The molecule has 1 atom stereocenters. The molecule has 3 amide bonds. The van der Waals surface area contributed by atoms with E-state index in [0.717, 1.165) is 49.1 Å². The van der Waals surface area contributed by atoms with Gasteiger partial charge in [-0.3, -0.25) is 24.3 Å². The van der Waals surface area contributed by atoms with Gasteiger partial charge >= 0.3 is 0 Å². The normalized spacial score (nSPS) is 21.1. The van der Waals surface area contributed by atoms with Crippen molar-refractivity contribution in [1.29, 1.82) is 0 Å². The van der Waals surface area contributed by atoms with Crippen molar-refractivity contribution in [2.75, 3.05) is 26.7 Å². The smallest absolute Gasteiger partial charge is 0.253 e. The number of hydrogen-bond acceptors (Lipinski definition) is 7. The molecule has 1 spiro atoms. The Hall–Kier alpha value is -3.21. The molecule has 1 aromatic carbocycles. The highest BCUT2D eigenvalue weighted by Gasteiger charge is 2.54. The van der Waals surface area contributed by atoms with Crippen LogP contribution in [0, 0.1) is 0 Å². The Labute approximate surface area is 272 Å². The van der Waals surface area contributed by atoms with Crippen LogP contribution < -0.4 is 15.4 Å². The van der Waals surface area contributed by atoms with Gasteiger partial charge in [-0.1, -0.05) is 44.7 Å². The van der Waals surface area contributed by atoms with E-state index in [4.69, 9.17) is 4.74 Å². The van der Waals surface area contributed by atoms with Crippen LogP contribution in [0.25, 0.3) is 0 Å². The first-order valence-corrected chi connectivity index (χ1v) is 16.2. The summed E-state index contributed by atoms with van der Waals surface area (Å²) in [7, 11) is 1.62. The van der Waals surface area contributed by atoms with Crippen molar-refractivity contribution in [2.45, 2.75) is 101 Å². The minimum atomic E-state index is -0.879. The summed E-state index contributed by atoms with van der Waals surface area (Å²) in [4.78, 5) is 48.8. The Morgan fingerprint density at radius 3 is 2.40 bits per heavy atom. The average molecular weight is 642 g/mol. The molecule has 1 saturated carbocycles. The molecule has 2 saturated heterocycles. The summed E-state index contributed by atoms with van der Waals surface area (Å²) in [6.45, 7) is 4.97. The molecule has 3 heterocycles. The Morgan fingerprint density at radius 1 is 1.07 bits per heavy atom. The van der Waals surface area contributed by atoms with E-state index in [2.05, 4.69) is 27.4 Å². The van der Waals surface area contributed by atoms with Crippen LogP contribution in [0.15, 0.2) is 42.6 Å². The van der Waals surface area contributed by atoms with E-state index in [1.165, 1.54) is 0 Å². The zero-order valence-electron chi connectivity index (χ0n) is 26.6. The van der Waals surface area contributed by atoms with Crippen molar-refractivity contribution >= 4 is 30.1 Å². The van der Waals surface area contributed by atoms with Crippen LogP contribution in [0.3, 0.4) is 0 Å². The van der Waals surface area contributed by atoms with Crippen molar-refractivity contribution in [3.63, 3.8) is 0 Å². The van der Waals surface area contributed by atoms with Crippen molar-refractivity contribution in [2.24, 2.45) is 0 Å². The molecule has 0 radical (unpaired) electrons. The number of likely N-dealkylation sites (tertiary alicyclic amines) is 1. The molecule has 3 aliphatic rings. The van der Waals surface area contributed by atoms with E-state index in [0.29, 0.717) is 70.4 Å². The number of benzene rings is 1. The fourth-order valence-corrected chi connectivity index (χ4v) is 6.94. The first kappa shape index (κ1) is 34.7. The zero-order chi connectivity index (χ0) is 31.2. The quantitative estimate of drug-likeness (QED) is 0.339. The van der Waals surface area contributed by atoms with Gasteiger partial charge in [0.05, 0.1) is 24.0 Å². The predicted molar refractivity (Wildman–Crippen MR) is 174 cm³/mol. The third kappa shape index (κ3) is 8.15. The van der Waals surface area contributed by atoms with E-state index < -0.39 is 17.2 Å². The molecule has 2 aliphatic heterocycles. The molecule has 246 valence electrons. The average Bonchev–Trinajstić information content (AvgIpc) is 3.04. The largest absolute Gasteiger partial charge is 0.497 e. The minimum Gasteiger partial charge on any atom is -0.497 e. The second kappa shape index (κ2) is 15.4. The molecular formula is C34H48ClN5O5. The number of piperidine rings is 1. The summed E-state index contributed by atoms with van der Waals surface area (Å²) in [5, 5.41) is 17.1. The Kier molecular flexibility index (Phi) is 11.8. The maximum Gasteiger partial charge on any atom is 0.253 e. The Morgan fingerprint density at radius 2 is 1.78 bits per heavy atom. The van der Waals surface area contributed by atoms with Gasteiger partial charge in [-0.2, -0.15) is 0 Å². The highest BCUT2D eigenvalue weighted by atomic mass is 35.5. The highest BCUT2D eigenvalue weighted by molar-refractivity contribution is 6.00. The van der Waals surface area contributed by atoms with Crippen molar-refractivity contribution in [3.8, 4) is 5.75 Å². The van der Waals surface area contributed by atoms with Gasteiger partial charge in [-0.15, -0.1) is 12.4 Å². The molecule has 5 rings (SSSR count). The predicted octanol–water partition coefficient (Wildman–Crippen LogP) is 3.99. The van der Waals surface area contributed by atoms with Crippen molar-refractivity contribution < 1.29 is 24.2 Å². The van der Waals surface area contributed by atoms with E-state index >= 15 is 0 Å². The first-order valence-electron chi connectivity index (χ1n) is 16.2. The highest BCUT2D eigenvalue weighted by Crippen LogP contribution is 2.37.